The van der Waals surface area contributed by atoms with Crippen LogP contribution in [0.1, 0.15) is 15.9 Å². The maximum absolute atomic E-state index is 11.8. The van der Waals surface area contributed by atoms with E-state index in [1.54, 1.807) is 30.3 Å². The van der Waals surface area contributed by atoms with Gasteiger partial charge in [0, 0.05) is 37.2 Å². The Hall–Kier alpha value is -3.08. The molecule has 23 heavy (non-hydrogen) atoms. The summed E-state index contributed by atoms with van der Waals surface area (Å²) in [4.78, 5) is 13.8. The quantitative estimate of drug-likeness (QED) is 0.507. The van der Waals surface area contributed by atoms with Gasteiger partial charge in [-0.3, -0.25) is 4.79 Å². The first-order valence-electron chi connectivity index (χ1n) is 7.19. The Kier molecular flexibility index (Phi) is 5.52. The maximum Gasteiger partial charge on any atom is 0.271 e. The Morgan fingerprint density at radius 1 is 1.09 bits per heavy atom. The second kappa shape index (κ2) is 7.79. The van der Waals surface area contributed by atoms with E-state index in [1.807, 2.05) is 49.3 Å². The molecule has 2 aromatic rings. The fraction of sp³-hybridized carbons (Fsp3) is 0.111. The van der Waals surface area contributed by atoms with Crippen molar-refractivity contribution in [2.24, 2.45) is 5.10 Å². The van der Waals surface area contributed by atoms with Crippen LogP contribution in [0, 0.1) is 0 Å². The normalized spacial score (nSPS) is 11.0. The van der Waals surface area contributed by atoms with Crippen LogP contribution in [0.2, 0.25) is 0 Å². The van der Waals surface area contributed by atoms with Gasteiger partial charge in [-0.2, -0.15) is 5.10 Å². The molecule has 0 saturated carbocycles. The van der Waals surface area contributed by atoms with Gasteiger partial charge in [0.1, 0.15) is 0 Å². The molecule has 0 radical (unpaired) electrons. The van der Waals surface area contributed by atoms with Gasteiger partial charge < -0.3 is 10.6 Å². The predicted molar refractivity (Wildman–Crippen MR) is 96.6 cm³/mol. The number of nitrogens with one attached hydrogen (secondary N) is 1. The van der Waals surface area contributed by atoms with Crippen molar-refractivity contribution in [3.8, 4) is 0 Å². The summed E-state index contributed by atoms with van der Waals surface area (Å²) in [6.45, 7) is 0. The molecule has 118 valence electrons. The Bertz CT molecular complexity index is 701. The molecule has 5 heteroatoms. The summed E-state index contributed by atoms with van der Waals surface area (Å²) in [5.41, 5.74) is 11.4. The van der Waals surface area contributed by atoms with Crippen molar-refractivity contribution in [2.75, 3.05) is 24.7 Å². The second-order valence-electron chi connectivity index (χ2n) is 5.19. The molecule has 0 saturated heterocycles. The molecular weight excluding hydrogens is 288 g/mol. The van der Waals surface area contributed by atoms with Crippen LogP contribution in [0.5, 0.6) is 0 Å². The number of nitrogens with two attached hydrogens (primary N) is 1. The maximum atomic E-state index is 11.8. The Morgan fingerprint density at radius 2 is 1.74 bits per heavy atom. The fourth-order valence-electron chi connectivity index (χ4n) is 1.88. The third kappa shape index (κ3) is 5.00. The third-order valence-corrected chi connectivity index (χ3v) is 3.20. The molecule has 0 bridgehead atoms. The summed E-state index contributed by atoms with van der Waals surface area (Å²) in [6, 6.07) is 14.8. The van der Waals surface area contributed by atoms with Crippen molar-refractivity contribution >= 4 is 29.6 Å². The Labute approximate surface area is 136 Å². The number of hydrogen-bond acceptors (Lipinski definition) is 4. The molecule has 0 spiro atoms. The molecule has 3 N–H and O–H groups in total. The van der Waals surface area contributed by atoms with E-state index in [-0.39, 0.29) is 5.91 Å². The van der Waals surface area contributed by atoms with Crippen LogP contribution in [-0.4, -0.2) is 26.2 Å². The molecule has 0 atom stereocenters. The summed E-state index contributed by atoms with van der Waals surface area (Å²) >= 11 is 0. The van der Waals surface area contributed by atoms with Crippen molar-refractivity contribution in [1.29, 1.82) is 0 Å². The predicted octanol–water partition coefficient (Wildman–Crippen LogP) is 2.76. The van der Waals surface area contributed by atoms with E-state index in [0.29, 0.717) is 11.3 Å². The van der Waals surface area contributed by atoms with Gasteiger partial charge in [-0.1, -0.05) is 18.2 Å². The average Bonchev–Trinajstić information content (AvgIpc) is 2.55. The minimum absolute atomic E-state index is 0.273. The Morgan fingerprint density at radius 3 is 2.35 bits per heavy atom. The highest BCUT2D eigenvalue weighted by Crippen LogP contribution is 2.12. The van der Waals surface area contributed by atoms with Gasteiger partial charge in [0.15, 0.2) is 0 Å². The number of amides is 1. The molecule has 0 fully saturated rings. The number of benzene rings is 2. The lowest BCUT2D eigenvalue weighted by molar-refractivity contribution is 0.0955. The number of carbonyl (C=O) groups excluding carboxylic acids is 1. The first-order valence-corrected chi connectivity index (χ1v) is 7.19. The zero-order valence-electron chi connectivity index (χ0n) is 13.2. The smallest absolute Gasteiger partial charge is 0.271 e. The number of carbonyl (C=O) groups is 1. The van der Waals surface area contributed by atoms with E-state index in [2.05, 4.69) is 10.5 Å². The van der Waals surface area contributed by atoms with Crippen molar-refractivity contribution in [1.82, 2.24) is 5.43 Å². The van der Waals surface area contributed by atoms with Crippen LogP contribution >= 0.6 is 0 Å². The standard InChI is InChI=1S/C18H20N4O/c1-22(2)17-11-5-14(6-12-17)4-3-13-20-21-18(23)15-7-9-16(19)10-8-15/h3-13H,19H2,1-2H3,(H,21,23)/b4-3+,20-13-. The minimum Gasteiger partial charge on any atom is -0.399 e. The summed E-state index contributed by atoms with van der Waals surface area (Å²) < 4.78 is 0. The van der Waals surface area contributed by atoms with E-state index in [1.165, 1.54) is 6.21 Å². The van der Waals surface area contributed by atoms with Crippen LogP contribution in [0.4, 0.5) is 11.4 Å². The zero-order chi connectivity index (χ0) is 16.7. The SMILES string of the molecule is CN(C)c1ccc(/C=C/C=N\NC(=O)c2ccc(N)cc2)cc1. The van der Waals surface area contributed by atoms with Crippen molar-refractivity contribution in [3.05, 3.63) is 65.7 Å². The lowest BCUT2D eigenvalue weighted by Gasteiger charge is -2.11. The van der Waals surface area contributed by atoms with Crippen molar-refractivity contribution < 1.29 is 4.79 Å². The monoisotopic (exact) mass is 308 g/mol. The highest BCUT2D eigenvalue weighted by molar-refractivity contribution is 5.95. The number of allylic oxidation sites excluding steroid dienone is 1. The highest BCUT2D eigenvalue weighted by Gasteiger charge is 2.02. The van der Waals surface area contributed by atoms with Gasteiger partial charge >= 0.3 is 0 Å². The van der Waals surface area contributed by atoms with Crippen LogP contribution in [0.15, 0.2) is 59.7 Å². The van der Waals surface area contributed by atoms with Crippen LogP contribution in [0.3, 0.4) is 0 Å². The zero-order valence-corrected chi connectivity index (χ0v) is 13.2. The van der Waals surface area contributed by atoms with Gasteiger partial charge in [0.2, 0.25) is 0 Å². The molecular formula is C18H20N4O. The third-order valence-electron chi connectivity index (χ3n) is 3.20. The van der Waals surface area contributed by atoms with E-state index in [9.17, 15) is 4.79 Å². The number of hydrazone groups is 1. The molecule has 0 aliphatic carbocycles. The first-order chi connectivity index (χ1) is 11.1. The van der Waals surface area contributed by atoms with E-state index < -0.39 is 0 Å². The molecule has 0 unspecified atom stereocenters. The average molecular weight is 308 g/mol. The number of hydrogen-bond donors (Lipinski definition) is 2. The molecule has 1 amide bonds. The summed E-state index contributed by atoms with van der Waals surface area (Å²) in [6.07, 6.45) is 5.22. The molecule has 0 aliphatic heterocycles. The molecule has 2 aromatic carbocycles. The number of nitrogen functional groups attached to an aromatic ring is 1. The highest BCUT2D eigenvalue weighted by atomic mass is 16.2. The van der Waals surface area contributed by atoms with Crippen molar-refractivity contribution in [3.63, 3.8) is 0 Å². The summed E-state index contributed by atoms with van der Waals surface area (Å²) in [5.74, 6) is -0.273. The topological polar surface area (TPSA) is 70.7 Å². The molecule has 2 rings (SSSR count). The van der Waals surface area contributed by atoms with Gasteiger partial charge in [-0.25, -0.2) is 5.43 Å². The van der Waals surface area contributed by atoms with Crippen molar-refractivity contribution in [2.45, 2.75) is 0 Å². The fourth-order valence-corrected chi connectivity index (χ4v) is 1.88. The van der Waals surface area contributed by atoms with Gasteiger partial charge in [0.25, 0.3) is 5.91 Å². The summed E-state index contributed by atoms with van der Waals surface area (Å²) in [7, 11) is 4.00. The molecule has 0 aliphatic rings. The lowest BCUT2D eigenvalue weighted by Crippen LogP contribution is -2.17. The van der Waals surface area contributed by atoms with E-state index in [0.717, 1.165) is 11.3 Å². The van der Waals surface area contributed by atoms with E-state index >= 15 is 0 Å². The number of nitrogens with zero attached hydrogens (tertiary/aromatic N) is 2. The van der Waals surface area contributed by atoms with Gasteiger partial charge in [-0.15, -0.1) is 0 Å². The van der Waals surface area contributed by atoms with Gasteiger partial charge in [-0.05, 0) is 48.0 Å². The summed E-state index contributed by atoms with van der Waals surface area (Å²) in [5, 5.41) is 3.88. The van der Waals surface area contributed by atoms with Gasteiger partial charge in [0.05, 0.1) is 0 Å². The van der Waals surface area contributed by atoms with Crippen LogP contribution in [-0.2, 0) is 0 Å². The second-order valence-corrected chi connectivity index (χ2v) is 5.19. The minimum atomic E-state index is -0.273. The first kappa shape index (κ1) is 16.3. The van der Waals surface area contributed by atoms with Crippen LogP contribution in [0.25, 0.3) is 6.08 Å². The lowest BCUT2D eigenvalue weighted by atomic mass is 10.2. The Balaban J connectivity index is 1.86. The molecule has 5 nitrogen and oxygen atoms in total. The number of rotatable bonds is 5. The largest absolute Gasteiger partial charge is 0.399 e. The van der Waals surface area contributed by atoms with E-state index in [4.69, 9.17) is 5.73 Å². The number of anilines is 2. The molecule has 0 aromatic heterocycles. The van der Waals surface area contributed by atoms with Crippen LogP contribution < -0.4 is 16.1 Å². The molecule has 0 heterocycles.